The number of rotatable bonds is 0. The van der Waals surface area contributed by atoms with Gasteiger partial charge in [0.2, 0.25) is 0 Å². The third-order valence-corrected chi connectivity index (χ3v) is 2.79. The van der Waals surface area contributed by atoms with Crippen LogP contribution in [0, 0.1) is 5.92 Å². The van der Waals surface area contributed by atoms with Gasteiger partial charge in [-0.3, -0.25) is 0 Å². The van der Waals surface area contributed by atoms with Crippen LogP contribution in [0.4, 0.5) is 0 Å². The molecule has 1 aliphatic carbocycles. The largest absolute Gasteiger partial charge is 0.389 e. The van der Waals surface area contributed by atoms with Crippen molar-refractivity contribution in [2.24, 2.45) is 5.92 Å². The second-order valence-electron chi connectivity index (χ2n) is 3.58. The van der Waals surface area contributed by atoms with Crippen LogP contribution in [0.5, 0.6) is 0 Å². The third-order valence-electron chi connectivity index (χ3n) is 2.79. The molecule has 0 bridgehead atoms. The number of aliphatic hydroxyl groups excluding tert-OH is 1. The van der Waals surface area contributed by atoms with E-state index in [-0.39, 0.29) is 6.10 Å². The maximum atomic E-state index is 9.34. The van der Waals surface area contributed by atoms with Gasteiger partial charge < -0.3 is 10.4 Å². The van der Waals surface area contributed by atoms with Gasteiger partial charge in [-0.1, -0.05) is 12.2 Å². The Balaban J connectivity index is 1.96. The molecule has 0 amide bonds. The van der Waals surface area contributed by atoms with Crippen LogP contribution in [0.2, 0.25) is 0 Å². The lowest BCUT2D eigenvalue weighted by Crippen LogP contribution is -2.53. The van der Waals surface area contributed by atoms with Crippen LogP contribution in [0.1, 0.15) is 19.3 Å². The molecule has 2 heteroatoms. The fourth-order valence-electron chi connectivity index (χ4n) is 1.89. The van der Waals surface area contributed by atoms with Crippen LogP contribution in [0.3, 0.4) is 0 Å². The highest BCUT2D eigenvalue weighted by Gasteiger charge is 2.29. The van der Waals surface area contributed by atoms with Gasteiger partial charge in [-0.15, -0.1) is 0 Å². The summed E-state index contributed by atoms with van der Waals surface area (Å²) in [6, 6.07) is 0.707. The van der Waals surface area contributed by atoms with Crippen LogP contribution >= 0.6 is 0 Å². The van der Waals surface area contributed by atoms with Crippen molar-refractivity contribution in [3.8, 4) is 0 Å². The summed E-state index contributed by atoms with van der Waals surface area (Å²) in [4.78, 5) is 0. The van der Waals surface area contributed by atoms with E-state index in [0.29, 0.717) is 6.04 Å². The average Bonchev–Trinajstić information content (AvgIpc) is 1.94. The first-order valence-corrected chi connectivity index (χ1v) is 4.44. The lowest BCUT2D eigenvalue weighted by molar-refractivity contribution is 0.155. The van der Waals surface area contributed by atoms with E-state index < -0.39 is 0 Å². The molecule has 1 fully saturated rings. The fourth-order valence-corrected chi connectivity index (χ4v) is 1.89. The highest BCUT2D eigenvalue weighted by Crippen LogP contribution is 2.24. The molecule has 0 aromatic carbocycles. The molecule has 2 aliphatic rings. The van der Waals surface area contributed by atoms with E-state index in [0.717, 1.165) is 25.3 Å². The van der Waals surface area contributed by atoms with Crippen molar-refractivity contribution in [2.45, 2.75) is 31.4 Å². The Hall–Kier alpha value is -0.340. The molecular weight excluding hydrogens is 138 g/mol. The zero-order valence-corrected chi connectivity index (χ0v) is 6.66. The summed E-state index contributed by atoms with van der Waals surface area (Å²) in [5, 5.41) is 12.7. The van der Waals surface area contributed by atoms with Crippen LogP contribution in [-0.2, 0) is 0 Å². The molecule has 0 spiro atoms. The van der Waals surface area contributed by atoms with Crippen molar-refractivity contribution in [3.63, 3.8) is 0 Å². The topological polar surface area (TPSA) is 32.3 Å². The Morgan fingerprint density at radius 3 is 3.00 bits per heavy atom. The molecule has 2 N–H and O–H groups in total. The number of nitrogens with one attached hydrogen (secondary N) is 1. The van der Waals surface area contributed by atoms with E-state index in [1.807, 2.05) is 6.08 Å². The molecule has 1 saturated heterocycles. The van der Waals surface area contributed by atoms with Gasteiger partial charge in [0.15, 0.2) is 0 Å². The molecular formula is C9H15NO. The number of hydrogen-bond acceptors (Lipinski definition) is 2. The average molecular weight is 153 g/mol. The second kappa shape index (κ2) is 2.95. The van der Waals surface area contributed by atoms with Gasteiger partial charge in [0.25, 0.3) is 0 Å². The molecule has 0 saturated carbocycles. The van der Waals surface area contributed by atoms with E-state index in [2.05, 4.69) is 11.4 Å². The van der Waals surface area contributed by atoms with Gasteiger partial charge in [0, 0.05) is 6.04 Å². The minimum absolute atomic E-state index is 0.184. The van der Waals surface area contributed by atoms with Crippen molar-refractivity contribution in [1.82, 2.24) is 5.32 Å². The first kappa shape index (κ1) is 7.32. The van der Waals surface area contributed by atoms with Gasteiger partial charge in [0.1, 0.15) is 0 Å². The predicted molar refractivity (Wildman–Crippen MR) is 44.3 cm³/mol. The first-order chi connectivity index (χ1) is 5.36. The maximum Gasteiger partial charge on any atom is 0.0721 e. The van der Waals surface area contributed by atoms with Gasteiger partial charge in [-0.25, -0.2) is 0 Å². The minimum Gasteiger partial charge on any atom is -0.389 e. The number of fused-ring (bicyclic) bond motifs is 1. The van der Waals surface area contributed by atoms with Gasteiger partial charge in [0.05, 0.1) is 6.10 Å². The highest BCUT2D eigenvalue weighted by atomic mass is 16.3. The minimum atomic E-state index is -0.184. The fraction of sp³-hybridized carbons (Fsp3) is 0.778. The predicted octanol–water partition coefficient (Wildman–Crippen LogP) is 0.675. The summed E-state index contributed by atoms with van der Waals surface area (Å²) in [5.41, 5.74) is 0. The van der Waals surface area contributed by atoms with Gasteiger partial charge >= 0.3 is 0 Å². The molecule has 0 unspecified atom stereocenters. The Bertz CT molecular complexity index is 167. The van der Waals surface area contributed by atoms with E-state index in [1.165, 1.54) is 6.42 Å². The number of hydrogen-bond donors (Lipinski definition) is 2. The van der Waals surface area contributed by atoms with E-state index in [9.17, 15) is 5.11 Å². The molecule has 0 aromatic rings. The Kier molecular flexibility index (Phi) is 1.96. The second-order valence-corrected chi connectivity index (χ2v) is 3.58. The molecule has 1 heterocycles. The van der Waals surface area contributed by atoms with E-state index in [1.54, 1.807) is 0 Å². The van der Waals surface area contributed by atoms with Crippen molar-refractivity contribution >= 4 is 0 Å². The molecule has 0 radical (unpaired) electrons. The molecule has 62 valence electrons. The zero-order chi connectivity index (χ0) is 7.68. The summed E-state index contributed by atoms with van der Waals surface area (Å²) in [7, 11) is 0. The lowest BCUT2D eigenvalue weighted by Gasteiger charge is -2.39. The molecule has 3 atom stereocenters. The van der Waals surface area contributed by atoms with Crippen molar-refractivity contribution < 1.29 is 5.11 Å². The summed E-state index contributed by atoms with van der Waals surface area (Å²) in [5.74, 6) is 0.828. The summed E-state index contributed by atoms with van der Waals surface area (Å²) in [6.07, 6.45) is 7.07. The van der Waals surface area contributed by atoms with Crippen LogP contribution in [0.15, 0.2) is 12.2 Å². The molecule has 0 aromatic heterocycles. The monoisotopic (exact) mass is 153 g/mol. The molecule has 2 rings (SSSR count). The van der Waals surface area contributed by atoms with E-state index >= 15 is 0 Å². The van der Waals surface area contributed by atoms with E-state index in [4.69, 9.17) is 0 Å². The normalized spacial score (nSPS) is 46.5. The molecule has 11 heavy (non-hydrogen) atoms. The summed E-state index contributed by atoms with van der Waals surface area (Å²) < 4.78 is 0. The smallest absolute Gasteiger partial charge is 0.0721 e. The van der Waals surface area contributed by atoms with Gasteiger partial charge in [-0.05, 0) is 31.7 Å². The van der Waals surface area contributed by atoms with Crippen LogP contribution in [0.25, 0.3) is 0 Å². The van der Waals surface area contributed by atoms with Crippen molar-refractivity contribution in [2.75, 3.05) is 6.54 Å². The maximum absolute atomic E-state index is 9.34. The zero-order valence-electron chi connectivity index (χ0n) is 6.66. The first-order valence-electron chi connectivity index (χ1n) is 4.44. The molecule has 1 aliphatic heterocycles. The highest BCUT2D eigenvalue weighted by molar-refractivity contribution is 5.00. The Morgan fingerprint density at radius 1 is 1.36 bits per heavy atom. The molecule has 2 nitrogen and oxygen atoms in total. The Labute approximate surface area is 67.3 Å². The van der Waals surface area contributed by atoms with Crippen molar-refractivity contribution in [1.29, 1.82) is 0 Å². The quantitative estimate of drug-likeness (QED) is 0.501. The van der Waals surface area contributed by atoms with Crippen LogP contribution < -0.4 is 5.32 Å². The SMILES string of the molecule is O[C@H]1/C=C/C[C@@H]2NC[C@@H]2CC1. The Morgan fingerprint density at radius 2 is 2.27 bits per heavy atom. The summed E-state index contributed by atoms with van der Waals surface area (Å²) >= 11 is 0. The van der Waals surface area contributed by atoms with Crippen molar-refractivity contribution in [3.05, 3.63) is 12.2 Å². The standard InChI is InChI=1S/C9H15NO/c11-8-2-1-3-9-7(4-5-8)6-10-9/h1-2,7-11H,3-6H2/b2-1+/t7-,8-,9-/m0/s1. The van der Waals surface area contributed by atoms with Gasteiger partial charge in [-0.2, -0.15) is 0 Å². The number of aliphatic hydroxyl groups is 1. The van der Waals surface area contributed by atoms with Crippen LogP contribution in [-0.4, -0.2) is 23.8 Å². The third kappa shape index (κ3) is 1.47. The summed E-state index contributed by atoms with van der Waals surface area (Å²) in [6.45, 7) is 1.16. The lowest BCUT2D eigenvalue weighted by atomic mass is 9.83.